The lowest BCUT2D eigenvalue weighted by Gasteiger charge is -2.44. The Morgan fingerprint density at radius 3 is 2.86 bits per heavy atom. The average Bonchev–Trinajstić information content (AvgIpc) is 2.90. The van der Waals surface area contributed by atoms with Crippen molar-refractivity contribution in [2.24, 2.45) is 0 Å². The lowest BCUT2D eigenvalue weighted by atomic mass is 9.85. The molecule has 1 aromatic rings. The molecule has 0 aromatic carbocycles. The molecule has 1 aromatic heterocycles. The molecule has 1 fully saturated rings. The molecule has 2 rings (SSSR count). The molecular formula is C16H29N3O2. The summed E-state index contributed by atoms with van der Waals surface area (Å²) in [5, 5.41) is 7.85. The van der Waals surface area contributed by atoms with E-state index in [-0.39, 0.29) is 12.2 Å². The molecule has 0 amide bonds. The standard InChI is InChI=1S/C16H29N3O2/c1-4-7-17-14-10-15(16(14)20-9-6-3)21-13-11-18-19(12-13)8-5-2/h11-12,14-17H,4-10H2,1-3H3. The van der Waals surface area contributed by atoms with Crippen LogP contribution < -0.4 is 10.1 Å². The fourth-order valence-electron chi connectivity index (χ4n) is 2.64. The molecular weight excluding hydrogens is 266 g/mol. The number of ether oxygens (including phenoxy) is 2. The van der Waals surface area contributed by atoms with Crippen LogP contribution in [0.4, 0.5) is 0 Å². The predicted octanol–water partition coefficient (Wildman–Crippen LogP) is 2.61. The Labute approximate surface area is 128 Å². The van der Waals surface area contributed by atoms with Crippen LogP contribution in [-0.2, 0) is 11.3 Å². The maximum Gasteiger partial charge on any atom is 0.157 e. The quantitative estimate of drug-likeness (QED) is 0.721. The normalized spacial score (nSPS) is 24.8. The third-order valence-electron chi connectivity index (χ3n) is 3.77. The Morgan fingerprint density at radius 2 is 2.14 bits per heavy atom. The van der Waals surface area contributed by atoms with Crippen molar-refractivity contribution in [1.29, 1.82) is 0 Å². The highest BCUT2D eigenvalue weighted by Gasteiger charge is 2.43. The van der Waals surface area contributed by atoms with Crippen LogP contribution in [0.25, 0.3) is 0 Å². The van der Waals surface area contributed by atoms with Crippen LogP contribution in [0.15, 0.2) is 12.4 Å². The first-order chi connectivity index (χ1) is 10.3. The Kier molecular flexibility index (Phi) is 6.51. The highest BCUT2D eigenvalue weighted by molar-refractivity contribution is 5.14. The summed E-state index contributed by atoms with van der Waals surface area (Å²) >= 11 is 0. The second-order valence-electron chi connectivity index (χ2n) is 5.73. The summed E-state index contributed by atoms with van der Waals surface area (Å²) in [4.78, 5) is 0. The van der Waals surface area contributed by atoms with Crippen molar-refractivity contribution in [2.75, 3.05) is 13.2 Å². The first kappa shape index (κ1) is 16.3. The monoisotopic (exact) mass is 295 g/mol. The lowest BCUT2D eigenvalue weighted by molar-refractivity contribution is -0.107. The maximum absolute atomic E-state index is 6.05. The van der Waals surface area contributed by atoms with Gasteiger partial charge >= 0.3 is 0 Å². The lowest BCUT2D eigenvalue weighted by Crippen LogP contribution is -2.61. The highest BCUT2D eigenvalue weighted by Crippen LogP contribution is 2.29. The number of nitrogens with zero attached hydrogens (tertiary/aromatic N) is 2. The van der Waals surface area contributed by atoms with E-state index in [2.05, 4.69) is 31.2 Å². The molecule has 3 atom stereocenters. The van der Waals surface area contributed by atoms with Crippen LogP contribution in [0.1, 0.15) is 46.5 Å². The average molecular weight is 295 g/mol. The summed E-state index contributed by atoms with van der Waals surface area (Å²) < 4.78 is 13.9. The minimum atomic E-state index is 0.144. The maximum atomic E-state index is 6.05. The van der Waals surface area contributed by atoms with E-state index in [0.717, 1.165) is 51.1 Å². The molecule has 0 aliphatic heterocycles. The van der Waals surface area contributed by atoms with Gasteiger partial charge in [-0.3, -0.25) is 4.68 Å². The number of hydrogen-bond acceptors (Lipinski definition) is 4. The molecule has 0 bridgehead atoms. The number of aromatic nitrogens is 2. The van der Waals surface area contributed by atoms with Gasteiger partial charge < -0.3 is 14.8 Å². The van der Waals surface area contributed by atoms with Gasteiger partial charge in [0.2, 0.25) is 0 Å². The summed E-state index contributed by atoms with van der Waals surface area (Å²) in [7, 11) is 0. The van der Waals surface area contributed by atoms with Crippen LogP contribution in [0.2, 0.25) is 0 Å². The van der Waals surface area contributed by atoms with Gasteiger partial charge in [-0.05, 0) is 25.8 Å². The van der Waals surface area contributed by atoms with Crippen molar-refractivity contribution >= 4 is 0 Å². The Hall–Kier alpha value is -1.07. The third kappa shape index (κ3) is 4.45. The van der Waals surface area contributed by atoms with Crippen LogP contribution >= 0.6 is 0 Å². The zero-order valence-electron chi connectivity index (χ0n) is 13.5. The van der Waals surface area contributed by atoms with Gasteiger partial charge in [-0.1, -0.05) is 20.8 Å². The molecule has 1 aliphatic carbocycles. The summed E-state index contributed by atoms with van der Waals surface area (Å²) in [6, 6.07) is 0.423. The molecule has 1 saturated carbocycles. The van der Waals surface area contributed by atoms with Gasteiger partial charge in [-0.25, -0.2) is 0 Å². The van der Waals surface area contributed by atoms with Crippen molar-refractivity contribution in [2.45, 2.75) is 71.2 Å². The van der Waals surface area contributed by atoms with Crippen LogP contribution in [-0.4, -0.2) is 41.2 Å². The van der Waals surface area contributed by atoms with E-state index in [1.54, 1.807) is 6.20 Å². The van der Waals surface area contributed by atoms with Crippen LogP contribution in [0.5, 0.6) is 5.75 Å². The first-order valence-electron chi connectivity index (χ1n) is 8.32. The number of hydrogen-bond donors (Lipinski definition) is 1. The SMILES string of the molecule is CCCNC1CC(Oc2cnn(CCC)c2)C1OCCC. The molecule has 5 nitrogen and oxygen atoms in total. The van der Waals surface area contributed by atoms with Crippen molar-refractivity contribution in [3.8, 4) is 5.75 Å². The zero-order valence-corrected chi connectivity index (χ0v) is 13.5. The number of nitrogens with one attached hydrogen (secondary N) is 1. The summed E-state index contributed by atoms with van der Waals surface area (Å²) in [5.41, 5.74) is 0. The summed E-state index contributed by atoms with van der Waals surface area (Å²) in [6.07, 6.45) is 8.36. The van der Waals surface area contributed by atoms with E-state index in [4.69, 9.17) is 9.47 Å². The minimum absolute atomic E-state index is 0.144. The van der Waals surface area contributed by atoms with E-state index >= 15 is 0 Å². The van der Waals surface area contributed by atoms with Gasteiger partial charge in [0.25, 0.3) is 0 Å². The molecule has 1 heterocycles. The highest BCUT2D eigenvalue weighted by atomic mass is 16.5. The Morgan fingerprint density at radius 1 is 1.29 bits per heavy atom. The fraction of sp³-hybridized carbons (Fsp3) is 0.812. The molecule has 3 unspecified atom stereocenters. The zero-order chi connectivity index (χ0) is 15.1. The fourth-order valence-corrected chi connectivity index (χ4v) is 2.64. The van der Waals surface area contributed by atoms with Gasteiger partial charge in [0.05, 0.1) is 12.4 Å². The van der Waals surface area contributed by atoms with Gasteiger partial charge in [0, 0.05) is 25.6 Å². The number of rotatable bonds is 10. The van der Waals surface area contributed by atoms with Gasteiger partial charge in [-0.15, -0.1) is 0 Å². The predicted molar refractivity (Wildman–Crippen MR) is 83.7 cm³/mol. The van der Waals surface area contributed by atoms with E-state index in [9.17, 15) is 0 Å². The molecule has 1 N–H and O–H groups in total. The Bertz CT molecular complexity index is 408. The first-order valence-corrected chi connectivity index (χ1v) is 8.32. The second-order valence-corrected chi connectivity index (χ2v) is 5.73. The van der Waals surface area contributed by atoms with E-state index < -0.39 is 0 Å². The van der Waals surface area contributed by atoms with Crippen LogP contribution in [0.3, 0.4) is 0 Å². The minimum Gasteiger partial charge on any atom is -0.484 e. The molecule has 120 valence electrons. The molecule has 5 heteroatoms. The molecule has 0 radical (unpaired) electrons. The van der Waals surface area contributed by atoms with Crippen LogP contribution in [0, 0.1) is 0 Å². The molecule has 0 spiro atoms. The Balaban J connectivity index is 1.85. The van der Waals surface area contributed by atoms with Crippen molar-refractivity contribution in [3.05, 3.63) is 12.4 Å². The smallest absolute Gasteiger partial charge is 0.157 e. The largest absolute Gasteiger partial charge is 0.484 e. The van der Waals surface area contributed by atoms with Gasteiger partial charge in [0.15, 0.2) is 5.75 Å². The topological polar surface area (TPSA) is 48.3 Å². The summed E-state index contributed by atoms with van der Waals surface area (Å²) in [6.45, 7) is 9.24. The van der Waals surface area contributed by atoms with E-state index in [0.29, 0.717) is 6.04 Å². The second kappa shape index (κ2) is 8.39. The number of aryl methyl sites for hydroxylation is 1. The van der Waals surface area contributed by atoms with Gasteiger partial charge in [-0.2, -0.15) is 5.10 Å². The molecule has 0 saturated heterocycles. The van der Waals surface area contributed by atoms with Crippen molar-refractivity contribution in [1.82, 2.24) is 15.1 Å². The van der Waals surface area contributed by atoms with Crippen molar-refractivity contribution in [3.63, 3.8) is 0 Å². The van der Waals surface area contributed by atoms with Gasteiger partial charge in [0.1, 0.15) is 12.2 Å². The molecule has 21 heavy (non-hydrogen) atoms. The van der Waals surface area contributed by atoms with Crippen molar-refractivity contribution < 1.29 is 9.47 Å². The summed E-state index contributed by atoms with van der Waals surface area (Å²) in [5.74, 6) is 0.854. The van der Waals surface area contributed by atoms with E-state index in [1.807, 2.05) is 10.9 Å². The van der Waals surface area contributed by atoms with E-state index in [1.165, 1.54) is 0 Å². The third-order valence-corrected chi connectivity index (χ3v) is 3.77. The molecule has 1 aliphatic rings.